The number of nitrogens with one attached hydrogen (secondary N) is 1. The molecule has 0 aliphatic carbocycles. The van der Waals surface area contributed by atoms with Gasteiger partial charge in [0.1, 0.15) is 0 Å². The van der Waals surface area contributed by atoms with E-state index in [1.54, 1.807) is 0 Å². The van der Waals surface area contributed by atoms with Crippen LogP contribution in [0.2, 0.25) is 0 Å². The Morgan fingerprint density at radius 1 is 1.37 bits per heavy atom. The molecule has 0 aromatic rings. The van der Waals surface area contributed by atoms with E-state index < -0.39 is 17.5 Å². The molecule has 1 saturated heterocycles. The first-order valence-electron chi connectivity index (χ1n) is 6.90. The van der Waals surface area contributed by atoms with Crippen LogP contribution in [0.4, 0.5) is 4.79 Å². The average Bonchev–Trinajstić information content (AvgIpc) is 2.88. The second-order valence-electron chi connectivity index (χ2n) is 5.18. The van der Waals surface area contributed by atoms with Crippen LogP contribution in [0.15, 0.2) is 0 Å². The van der Waals surface area contributed by atoms with Gasteiger partial charge in [-0.05, 0) is 25.7 Å². The van der Waals surface area contributed by atoms with E-state index in [-0.39, 0.29) is 12.6 Å². The standard InChI is InChI=1S/C13H24N2O4/c1-3-13(19,4-2)6-7-14-12(18)15-8-5-10(9-15)11(16)17/h10,19H,3-9H2,1-2H3,(H,14,18)(H,16,17). The van der Waals surface area contributed by atoms with Crippen molar-refractivity contribution in [1.29, 1.82) is 0 Å². The summed E-state index contributed by atoms with van der Waals surface area (Å²) in [7, 11) is 0. The molecule has 0 saturated carbocycles. The number of carbonyl (C=O) groups excluding carboxylic acids is 1. The number of hydrogen-bond acceptors (Lipinski definition) is 3. The highest BCUT2D eigenvalue weighted by Gasteiger charge is 2.31. The Morgan fingerprint density at radius 2 is 2.00 bits per heavy atom. The van der Waals surface area contributed by atoms with Crippen LogP contribution >= 0.6 is 0 Å². The smallest absolute Gasteiger partial charge is 0.317 e. The quantitative estimate of drug-likeness (QED) is 0.674. The van der Waals surface area contributed by atoms with Crippen molar-refractivity contribution >= 4 is 12.0 Å². The molecule has 1 aliphatic rings. The molecule has 0 bridgehead atoms. The SMILES string of the molecule is CCC(O)(CC)CCNC(=O)N1CCC(C(=O)O)C1. The molecular formula is C13H24N2O4. The lowest BCUT2D eigenvalue weighted by Gasteiger charge is -2.26. The van der Waals surface area contributed by atoms with E-state index in [2.05, 4.69) is 5.32 Å². The summed E-state index contributed by atoms with van der Waals surface area (Å²) in [6.45, 7) is 5.00. The number of rotatable bonds is 6. The van der Waals surface area contributed by atoms with Gasteiger partial charge in [-0.1, -0.05) is 13.8 Å². The summed E-state index contributed by atoms with van der Waals surface area (Å²) in [4.78, 5) is 24.1. The third kappa shape index (κ3) is 4.38. The summed E-state index contributed by atoms with van der Waals surface area (Å²) in [5.41, 5.74) is -0.720. The Balaban J connectivity index is 2.31. The summed E-state index contributed by atoms with van der Waals surface area (Å²) in [6.07, 6.45) is 2.34. The third-order valence-corrected chi connectivity index (χ3v) is 4.01. The minimum Gasteiger partial charge on any atom is -0.481 e. The lowest BCUT2D eigenvalue weighted by molar-refractivity contribution is -0.141. The Hall–Kier alpha value is -1.30. The summed E-state index contributed by atoms with van der Waals surface area (Å²) in [6, 6.07) is -0.238. The van der Waals surface area contributed by atoms with E-state index in [0.29, 0.717) is 38.8 Å². The molecule has 1 rings (SSSR count). The first kappa shape index (κ1) is 15.8. The molecule has 0 aromatic carbocycles. The molecule has 110 valence electrons. The topological polar surface area (TPSA) is 89.9 Å². The lowest BCUT2D eigenvalue weighted by Crippen LogP contribution is -2.41. The van der Waals surface area contributed by atoms with E-state index in [1.807, 2.05) is 13.8 Å². The fourth-order valence-corrected chi connectivity index (χ4v) is 2.26. The van der Waals surface area contributed by atoms with Crippen molar-refractivity contribution in [3.05, 3.63) is 0 Å². The number of urea groups is 1. The fourth-order valence-electron chi connectivity index (χ4n) is 2.26. The van der Waals surface area contributed by atoms with Crippen LogP contribution in [0.25, 0.3) is 0 Å². The van der Waals surface area contributed by atoms with Gasteiger partial charge in [0, 0.05) is 19.6 Å². The zero-order valence-corrected chi connectivity index (χ0v) is 11.7. The predicted molar refractivity (Wildman–Crippen MR) is 70.9 cm³/mol. The summed E-state index contributed by atoms with van der Waals surface area (Å²) >= 11 is 0. The highest BCUT2D eigenvalue weighted by Crippen LogP contribution is 2.19. The van der Waals surface area contributed by atoms with Crippen LogP contribution in [0.1, 0.15) is 39.5 Å². The molecule has 0 spiro atoms. The molecule has 1 heterocycles. The predicted octanol–water partition coefficient (Wildman–Crippen LogP) is 1.04. The summed E-state index contributed by atoms with van der Waals surface area (Å²) in [5.74, 6) is -1.30. The minimum atomic E-state index is -0.846. The molecule has 3 N–H and O–H groups in total. The van der Waals surface area contributed by atoms with Crippen LogP contribution in [0.3, 0.4) is 0 Å². The molecule has 1 atom stereocenters. The Labute approximate surface area is 113 Å². The van der Waals surface area contributed by atoms with Gasteiger partial charge >= 0.3 is 12.0 Å². The van der Waals surface area contributed by atoms with Gasteiger partial charge in [0.2, 0.25) is 0 Å². The average molecular weight is 272 g/mol. The first-order chi connectivity index (χ1) is 8.91. The van der Waals surface area contributed by atoms with E-state index >= 15 is 0 Å². The van der Waals surface area contributed by atoms with E-state index in [1.165, 1.54) is 4.90 Å². The van der Waals surface area contributed by atoms with Crippen LogP contribution in [0, 0.1) is 5.92 Å². The number of hydrogen-bond donors (Lipinski definition) is 3. The van der Waals surface area contributed by atoms with Crippen molar-refractivity contribution in [3.63, 3.8) is 0 Å². The largest absolute Gasteiger partial charge is 0.481 e. The Kier molecular flexibility index (Phi) is 5.60. The van der Waals surface area contributed by atoms with Crippen molar-refractivity contribution in [3.8, 4) is 0 Å². The second-order valence-corrected chi connectivity index (χ2v) is 5.18. The zero-order valence-electron chi connectivity index (χ0n) is 11.7. The molecule has 6 nitrogen and oxygen atoms in total. The Bertz CT molecular complexity index is 329. The lowest BCUT2D eigenvalue weighted by atomic mass is 9.94. The van der Waals surface area contributed by atoms with Crippen molar-refractivity contribution in [2.45, 2.75) is 45.1 Å². The maximum absolute atomic E-state index is 11.8. The second kappa shape index (κ2) is 6.75. The molecule has 6 heteroatoms. The maximum atomic E-state index is 11.8. The number of carbonyl (C=O) groups is 2. The number of carboxylic acids is 1. The molecule has 0 radical (unpaired) electrons. The van der Waals surface area contributed by atoms with Crippen molar-refractivity contribution < 1.29 is 19.8 Å². The number of likely N-dealkylation sites (tertiary alicyclic amines) is 1. The maximum Gasteiger partial charge on any atom is 0.317 e. The van der Waals surface area contributed by atoms with Crippen LogP contribution < -0.4 is 5.32 Å². The highest BCUT2D eigenvalue weighted by molar-refractivity contribution is 5.77. The minimum absolute atomic E-state index is 0.238. The monoisotopic (exact) mass is 272 g/mol. The molecule has 0 aromatic heterocycles. The van der Waals surface area contributed by atoms with Crippen molar-refractivity contribution in [2.24, 2.45) is 5.92 Å². The normalized spacial score (nSPS) is 19.5. The molecule has 1 aliphatic heterocycles. The molecule has 1 fully saturated rings. The third-order valence-electron chi connectivity index (χ3n) is 4.01. The van der Waals surface area contributed by atoms with Crippen molar-refractivity contribution in [1.82, 2.24) is 10.2 Å². The fraction of sp³-hybridized carbons (Fsp3) is 0.846. The molecule has 1 unspecified atom stereocenters. The molecule has 19 heavy (non-hydrogen) atoms. The van der Waals surface area contributed by atoms with Crippen LogP contribution in [-0.2, 0) is 4.79 Å². The van der Waals surface area contributed by atoms with Gasteiger partial charge in [0.05, 0.1) is 11.5 Å². The van der Waals surface area contributed by atoms with Gasteiger partial charge in [0.15, 0.2) is 0 Å². The van der Waals surface area contributed by atoms with Gasteiger partial charge in [-0.15, -0.1) is 0 Å². The van der Waals surface area contributed by atoms with Gasteiger partial charge in [-0.2, -0.15) is 0 Å². The van der Waals surface area contributed by atoms with Crippen LogP contribution in [-0.4, -0.2) is 52.3 Å². The van der Waals surface area contributed by atoms with E-state index in [4.69, 9.17) is 5.11 Å². The van der Waals surface area contributed by atoms with Crippen molar-refractivity contribution in [2.75, 3.05) is 19.6 Å². The molecular weight excluding hydrogens is 248 g/mol. The van der Waals surface area contributed by atoms with Gasteiger partial charge in [-0.25, -0.2) is 4.79 Å². The van der Waals surface area contributed by atoms with Gasteiger partial charge in [0.25, 0.3) is 0 Å². The van der Waals surface area contributed by atoms with E-state index in [0.717, 1.165) is 0 Å². The van der Waals surface area contributed by atoms with Gasteiger partial charge < -0.3 is 20.4 Å². The number of nitrogens with zero attached hydrogens (tertiary/aromatic N) is 1. The van der Waals surface area contributed by atoms with Crippen LogP contribution in [0.5, 0.6) is 0 Å². The number of amides is 2. The number of aliphatic carboxylic acids is 1. The van der Waals surface area contributed by atoms with E-state index in [9.17, 15) is 14.7 Å². The molecule has 2 amide bonds. The zero-order chi connectivity index (χ0) is 14.5. The number of carboxylic acid groups (broad SMARTS) is 1. The highest BCUT2D eigenvalue weighted by atomic mass is 16.4. The number of aliphatic hydroxyl groups is 1. The van der Waals surface area contributed by atoms with Gasteiger partial charge in [-0.3, -0.25) is 4.79 Å². The Morgan fingerprint density at radius 3 is 2.47 bits per heavy atom. The first-order valence-corrected chi connectivity index (χ1v) is 6.90. The summed E-state index contributed by atoms with van der Waals surface area (Å²) in [5, 5.41) is 21.7. The summed E-state index contributed by atoms with van der Waals surface area (Å²) < 4.78 is 0.